The molecule has 0 aliphatic rings. The van der Waals surface area contributed by atoms with E-state index < -0.39 is 0 Å². The fourth-order valence-corrected chi connectivity index (χ4v) is 1.62. The molecule has 1 atom stereocenters. The summed E-state index contributed by atoms with van der Waals surface area (Å²) in [5, 5.41) is 0. The Morgan fingerprint density at radius 2 is 2.00 bits per heavy atom. The molecule has 0 fully saturated rings. The smallest absolute Gasteiger partial charge is 0.124 e. The summed E-state index contributed by atoms with van der Waals surface area (Å²) >= 11 is 3.21. The van der Waals surface area contributed by atoms with Crippen molar-refractivity contribution in [1.29, 1.82) is 0 Å². The number of nitrogens with two attached hydrogens (primary N) is 2. The molecule has 80 valence electrons. The van der Waals surface area contributed by atoms with Gasteiger partial charge in [0.25, 0.3) is 0 Å². The van der Waals surface area contributed by atoms with Crippen molar-refractivity contribution in [2.45, 2.75) is 12.5 Å². The van der Waals surface area contributed by atoms with Crippen LogP contribution in [0.3, 0.4) is 0 Å². The molecule has 0 spiro atoms. The average molecular weight is 284 g/mol. The highest BCUT2D eigenvalue weighted by molar-refractivity contribution is 9.10. The Kier molecular flexibility index (Phi) is 6.27. The summed E-state index contributed by atoms with van der Waals surface area (Å²) in [4.78, 5) is 0. The van der Waals surface area contributed by atoms with Gasteiger partial charge in [-0.1, -0.05) is 15.9 Å². The maximum Gasteiger partial charge on any atom is 0.124 e. The number of hydrogen-bond donors (Lipinski definition) is 2. The Morgan fingerprint density at radius 3 is 2.50 bits per heavy atom. The van der Waals surface area contributed by atoms with E-state index in [1.807, 2.05) is 6.07 Å². The first-order chi connectivity index (χ1) is 6.13. The highest BCUT2D eigenvalue weighted by Crippen LogP contribution is 2.20. The summed E-state index contributed by atoms with van der Waals surface area (Å²) in [7, 11) is 0. The Morgan fingerprint density at radius 1 is 1.36 bits per heavy atom. The van der Waals surface area contributed by atoms with Gasteiger partial charge < -0.3 is 11.5 Å². The predicted octanol–water partition coefficient (Wildman–Crippen LogP) is 2.36. The van der Waals surface area contributed by atoms with Crippen molar-refractivity contribution < 1.29 is 4.39 Å². The normalized spacial score (nSPS) is 12.0. The van der Waals surface area contributed by atoms with Crippen molar-refractivity contribution in [1.82, 2.24) is 0 Å². The van der Waals surface area contributed by atoms with Gasteiger partial charge in [-0.05, 0) is 36.7 Å². The quantitative estimate of drug-likeness (QED) is 0.895. The van der Waals surface area contributed by atoms with Gasteiger partial charge in [0.2, 0.25) is 0 Å². The van der Waals surface area contributed by atoms with Crippen LogP contribution in [0.4, 0.5) is 4.39 Å². The number of rotatable bonds is 3. The highest BCUT2D eigenvalue weighted by Gasteiger charge is 2.06. The molecular formula is C9H13BrClFN2. The van der Waals surface area contributed by atoms with Gasteiger partial charge in [0.1, 0.15) is 5.82 Å². The summed E-state index contributed by atoms with van der Waals surface area (Å²) in [5.74, 6) is -0.281. The van der Waals surface area contributed by atoms with Crippen LogP contribution in [0.5, 0.6) is 0 Å². The van der Waals surface area contributed by atoms with E-state index in [0.717, 1.165) is 5.56 Å². The Labute approximate surface area is 97.4 Å². The summed E-state index contributed by atoms with van der Waals surface area (Å²) in [6.45, 7) is 0.509. The summed E-state index contributed by atoms with van der Waals surface area (Å²) in [6.07, 6.45) is 0.663. The van der Waals surface area contributed by atoms with Crippen molar-refractivity contribution in [2.24, 2.45) is 11.5 Å². The fraction of sp³-hybridized carbons (Fsp3) is 0.333. The molecule has 0 aliphatic carbocycles. The first-order valence-electron chi connectivity index (χ1n) is 4.05. The molecule has 0 bridgehead atoms. The lowest BCUT2D eigenvalue weighted by Gasteiger charge is -2.10. The van der Waals surface area contributed by atoms with Gasteiger partial charge in [-0.3, -0.25) is 0 Å². The van der Waals surface area contributed by atoms with E-state index in [9.17, 15) is 4.39 Å². The third-order valence-electron chi connectivity index (χ3n) is 1.79. The number of hydrogen-bond acceptors (Lipinski definition) is 2. The Balaban J connectivity index is 0.00000169. The second kappa shape index (κ2) is 6.35. The molecule has 1 rings (SSSR count). The molecule has 0 saturated heterocycles. The van der Waals surface area contributed by atoms with E-state index in [2.05, 4.69) is 15.9 Å². The van der Waals surface area contributed by atoms with Crippen LogP contribution >= 0.6 is 28.3 Å². The van der Waals surface area contributed by atoms with Crippen molar-refractivity contribution >= 4 is 28.3 Å². The molecule has 2 nitrogen and oxygen atoms in total. The van der Waals surface area contributed by atoms with Gasteiger partial charge in [0.05, 0.1) is 0 Å². The minimum absolute atomic E-state index is 0. The van der Waals surface area contributed by atoms with Gasteiger partial charge in [0, 0.05) is 10.5 Å². The predicted molar refractivity (Wildman–Crippen MR) is 61.9 cm³/mol. The zero-order chi connectivity index (χ0) is 9.84. The van der Waals surface area contributed by atoms with Crippen molar-refractivity contribution in [3.63, 3.8) is 0 Å². The van der Waals surface area contributed by atoms with E-state index in [-0.39, 0.29) is 24.3 Å². The fourth-order valence-electron chi connectivity index (χ4n) is 1.14. The second-order valence-corrected chi connectivity index (χ2v) is 3.80. The Bertz CT molecular complexity index is 276. The summed E-state index contributed by atoms with van der Waals surface area (Å²) in [6, 6.07) is 4.46. The minimum atomic E-state index is -0.281. The molecule has 0 radical (unpaired) electrons. The van der Waals surface area contributed by atoms with Crippen LogP contribution in [0.25, 0.3) is 0 Å². The van der Waals surface area contributed by atoms with E-state index >= 15 is 0 Å². The van der Waals surface area contributed by atoms with Crippen LogP contribution in [0.1, 0.15) is 18.0 Å². The molecule has 1 aromatic carbocycles. The lowest BCUT2D eigenvalue weighted by molar-refractivity contribution is 0.610. The van der Waals surface area contributed by atoms with Crippen molar-refractivity contribution in [3.8, 4) is 0 Å². The second-order valence-electron chi connectivity index (χ2n) is 2.89. The van der Waals surface area contributed by atoms with E-state index in [4.69, 9.17) is 11.5 Å². The lowest BCUT2D eigenvalue weighted by atomic mass is 10.1. The van der Waals surface area contributed by atoms with E-state index in [1.165, 1.54) is 12.1 Å². The molecule has 4 N–H and O–H groups in total. The standard InChI is InChI=1S/C9H12BrFN2.ClH/c10-7-3-6(4-8(11)5-7)9(13)1-2-12;/h3-5,9H,1-2,12-13H2;1H/t9-;/m1./s1. The molecule has 1 aromatic rings. The largest absolute Gasteiger partial charge is 0.330 e. The van der Waals surface area contributed by atoms with Crippen LogP contribution in [0, 0.1) is 5.82 Å². The van der Waals surface area contributed by atoms with Crippen molar-refractivity contribution in [3.05, 3.63) is 34.1 Å². The summed E-state index contributed by atoms with van der Waals surface area (Å²) < 4.78 is 13.6. The van der Waals surface area contributed by atoms with Crippen LogP contribution in [-0.4, -0.2) is 6.54 Å². The Hall–Kier alpha value is -0.160. The monoisotopic (exact) mass is 282 g/mol. The van der Waals surface area contributed by atoms with E-state index in [1.54, 1.807) is 0 Å². The average Bonchev–Trinajstić information content (AvgIpc) is 2.03. The third kappa shape index (κ3) is 3.92. The number of halogens is 3. The van der Waals surface area contributed by atoms with Gasteiger partial charge in [0.15, 0.2) is 0 Å². The first kappa shape index (κ1) is 13.8. The molecule has 0 aliphatic heterocycles. The lowest BCUT2D eigenvalue weighted by Crippen LogP contribution is -2.15. The third-order valence-corrected chi connectivity index (χ3v) is 2.25. The first-order valence-corrected chi connectivity index (χ1v) is 4.84. The van der Waals surface area contributed by atoms with Crippen LogP contribution < -0.4 is 11.5 Å². The topological polar surface area (TPSA) is 52.0 Å². The minimum Gasteiger partial charge on any atom is -0.330 e. The number of benzene rings is 1. The molecule has 0 aromatic heterocycles. The van der Waals surface area contributed by atoms with Crippen LogP contribution in [0.2, 0.25) is 0 Å². The molecule has 5 heteroatoms. The molecule has 0 heterocycles. The van der Waals surface area contributed by atoms with Gasteiger partial charge in [-0.2, -0.15) is 0 Å². The molecular weight excluding hydrogens is 270 g/mol. The molecule has 0 unspecified atom stereocenters. The maximum absolute atomic E-state index is 12.9. The summed E-state index contributed by atoms with van der Waals surface area (Å²) in [5.41, 5.74) is 11.9. The van der Waals surface area contributed by atoms with Crippen molar-refractivity contribution in [2.75, 3.05) is 6.54 Å². The zero-order valence-electron chi connectivity index (χ0n) is 7.54. The molecule has 14 heavy (non-hydrogen) atoms. The van der Waals surface area contributed by atoms with E-state index in [0.29, 0.717) is 17.4 Å². The maximum atomic E-state index is 12.9. The van der Waals surface area contributed by atoms with Gasteiger partial charge >= 0.3 is 0 Å². The van der Waals surface area contributed by atoms with Gasteiger partial charge in [-0.25, -0.2) is 4.39 Å². The molecule has 0 saturated carbocycles. The van der Waals surface area contributed by atoms with Gasteiger partial charge in [-0.15, -0.1) is 12.4 Å². The molecule has 0 amide bonds. The SMILES string of the molecule is Cl.NCC[C@@H](N)c1cc(F)cc(Br)c1. The van der Waals surface area contributed by atoms with Crippen LogP contribution in [0.15, 0.2) is 22.7 Å². The van der Waals surface area contributed by atoms with Crippen LogP contribution in [-0.2, 0) is 0 Å². The highest BCUT2D eigenvalue weighted by atomic mass is 79.9. The zero-order valence-corrected chi connectivity index (χ0v) is 9.94.